The maximum atomic E-state index is 5.27. The Bertz CT molecular complexity index is 586. The van der Waals surface area contributed by atoms with Gasteiger partial charge < -0.3 is 9.05 Å². The predicted octanol–water partition coefficient (Wildman–Crippen LogP) is 1.55. The molecule has 2 aromatic rings. The van der Waals surface area contributed by atoms with Gasteiger partial charge in [-0.3, -0.25) is 9.80 Å². The molecule has 0 radical (unpaired) electrons. The average molecular weight is 291 g/mol. The van der Waals surface area contributed by atoms with Crippen LogP contribution in [0.1, 0.15) is 36.1 Å². The van der Waals surface area contributed by atoms with Crippen LogP contribution in [0.3, 0.4) is 0 Å². The highest BCUT2D eigenvalue weighted by atomic mass is 16.5. The van der Waals surface area contributed by atoms with E-state index in [1.807, 2.05) is 19.9 Å². The van der Waals surface area contributed by atoms with Gasteiger partial charge in [0.25, 0.3) is 0 Å². The maximum Gasteiger partial charge on any atom is 0.243 e. The van der Waals surface area contributed by atoms with Crippen molar-refractivity contribution in [3.8, 4) is 0 Å². The van der Waals surface area contributed by atoms with Crippen molar-refractivity contribution in [2.45, 2.75) is 33.4 Å². The Hall–Kier alpha value is -1.73. The van der Waals surface area contributed by atoms with E-state index in [0.29, 0.717) is 11.7 Å². The first-order valence-electron chi connectivity index (χ1n) is 7.30. The zero-order valence-electron chi connectivity index (χ0n) is 12.7. The lowest BCUT2D eigenvalue weighted by Gasteiger charge is -2.36. The van der Waals surface area contributed by atoms with Crippen molar-refractivity contribution < 1.29 is 9.05 Å². The summed E-state index contributed by atoms with van der Waals surface area (Å²) in [6.45, 7) is 10.7. The highest BCUT2D eigenvalue weighted by Crippen LogP contribution is 2.20. The summed E-state index contributed by atoms with van der Waals surface area (Å²) in [7, 11) is 0. The first-order valence-corrected chi connectivity index (χ1v) is 7.30. The highest BCUT2D eigenvalue weighted by molar-refractivity contribution is 5.03. The highest BCUT2D eigenvalue weighted by Gasteiger charge is 2.25. The number of hydrogen-bond donors (Lipinski definition) is 0. The summed E-state index contributed by atoms with van der Waals surface area (Å²) in [6, 6.07) is 2.17. The van der Waals surface area contributed by atoms with Crippen LogP contribution in [0.2, 0.25) is 0 Å². The molecule has 1 unspecified atom stereocenters. The van der Waals surface area contributed by atoms with Crippen LogP contribution in [0.4, 0.5) is 0 Å². The Morgan fingerprint density at radius 3 is 2.48 bits per heavy atom. The van der Waals surface area contributed by atoms with Crippen LogP contribution < -0.4 is 0 Å². The van der Waals surface area contributed by atoms with E-state index in [2.05, 4.69) is 32.0 Å². The molecule has 3 rings (SSSR count). The van der Waals surface area contributed by atoms with Gasteiger partial charge in [-0.2, -0.15) is 4.98 Å². The van der Waals surface area contributed by atoms with Crippen molar-refractivity contribution in [2.75, 3.05) is 26.2 Å². The molecular weight excluding hydrogens is 270 g/mol. The van der Waals surface area contributed by atoms with Crippen LogP contribution >= 0.6 is 0 Å². The molecule has 1 fully saturated rings. The Balaban J connectivity index is 1.52. The first-order chi connectivity index (χ1) is 10.1. The summed E-state index contributed by atoms with van der Waals surface area (Å²) in [5.74, 6) is 2.26. The number of rotatable bonds is 4. The quantitative estimate of drug-likeness (QED) is 0.846. The monoisotopic (exact) mass is 291 g/mol. The third-order valence-corrected chi connectivity index (χ3v) is 3.92. The lowest BCUT2D eigenvalue weighted by Crippen LogP contribution is -2.46. The molecule has 0 spiro atoms. The van der Waals surface area contributed by atoms with Crippen LogP contribution in [-0.4, -0.2) is 51.3 Å². The molecule has 1 aliphatic rings. The maximum absolute atomic E-state index is 5.27. The second kappa shape index (κ2) is 5.95. The number of piperazine rings is 1. The third-order valence-electron chi connectivity index (χ3n) is 3.92. The summed E-state index contributed by atoms with van der Waals surface area (Å²) in [5.41, 5.74) is 1.00. The average Bonchev–Trinajstić information content (AvgIpc) is 3.08. The predicted molar refractivity (Wildman–Crippen MR) is 75.5 cm³/mol. The van der Waals surface area contributed by atoms with Crippen molar-refractivity contribution >= 4 is 0 Å². The van der Waals surface area contributed by atoms with Crippen molar-refractivity contribution in [1.82, 2.24) is 25.1 Å². The molecule has 1 saturated heterocycles. The molecule has 0 aliphatic carbocycles. The van der Waals surface area contributed by atoms with Crippen molar-refractivity contribution in [3.05, 3.63) is 29.2 Å². The van der Waals surface area contributed by atoms with E-state index in [0.717, 1.165) is 44.2 Å². The Morgan fingerprint density at radius 1 is 1.14 bits per heavy atom. The molecule has 0 saturated carbocycles. The van der Waals surface area contributed by atoms with Crippen molar-refractivity contribution in [1.29, 1.82) is 0 Å². The van der Waals surface area contributed by atoms with E-state index >= 15 is 0 Å². The van der Waals surface area contributed by atoms with E-state index in [9.17, 15) is 0 Å². The van der Waals surface area contributed by atoms with Crippen LogP contribution in [0.5, 0.6) is 0 Å². The molecule has 0 amide bonds. The Morgan fingerprint density at radius 2 is 1.90 bits per heavy atom. The van der Waals surface area contributed by atoms with Gasteiger partial charge in [-0.15, -0.1) is 0 Å². The van der Waals surface area contributed by atoms with Gasteiger partial charge in [0.1, 0.15) is 5.76 Å². The fourth-order valence-corrected chi connectivity index (χ4v) is 2.67. The molecule has 1 aliphatic heterocycles. The van der Waals surface area contributed by atoms with E-state index < -0.39 is 0 Å². The van der Waals surface area contributed by atoms with Gasteiger partial charge in [-0.25, -0.2) is 0 Å². The van der Waals surface area contributed by atoms with Crippen LogP contribution in [-0.2, 0) is 6.54 Å². The standard InChI is InChI=1S/C14H21N5O2/c1-10-8-13(17-20-10)9-18-4-6-19(7-5-18)11(2)14-15-12(3)16-21-14/h8,11H,4-7,9H2,1-3H3. The van der Waals surface area contributed by atoms with Crippen molar-refractivity contribution in [3.63, 3.8) is 0 Å². The largest absolute Gasteiger partial charge is 0.361 e. The second-order valence-electron chi connectivity index (χ2n) is 5.60. The topological polar surface area (TPSA) is 71.4 Å². The van der Waals surface area contributed by atoms with Gasteiger partial charge in [0, 0.05) is 38.8 Å². The minimum Gasteiger partial charge on any atom is -0.361 e. The fourth-order valence-electron chi connectivity index (χ4n) is 2.67. The van der Waals surface area contributed by atoms with Crippen LogP contribution in [0.15, 0.2) is 15.1 Å². The smallest absolute Gasteiger partial charge is 0.243 e. The molecular formula is C14H21N5O2. The van der Waals surface area contributed by atoms with Gasteiger partial charge >= 0.3 is 0 Å². The molecule has 0 aromatic carbocycles. The van der Waals surface area contributed by atoms with E-state index in [1.165, 1.54) is 0 Å². The van der Waals surface area contributed by atoms with Crippen molar-refractivity contribution in [2.24, 2.45) is 0 Å². The van der Waals surface area contributed by atoms with Gasteiger partial charge in [0.15, 0.2) is 5.82 Å². The van der Waals surface area contributed by atoms with Gasteiger partial charge in [0.05, 0.1) is 11.7 Å². The number of aromatic nitrogens is 3. The van der Waals surface area contributed by atoms with E-state index in [1.54, 1.807) is 0 Å². The van der Waals surface area contributed by atoms with Gasteiger partial charge in [-0.05, 0) is 20.8 Å². The van der Waals surface area contributed by atoms with Crippen LogP contribution in [0, 0.1) is 13.8 Å². The molecule has 0 bridgehead atoms. The number of aryl methyl sites for hydroxylation is 2. The lowest BCUT2D eigenvalue weighted by atomic mass is 10.2. The fraction of sp³-hybridized carbons (Fsp3) is 0.643. The summed E-state index contributed by atoms with van der Waals surface area (Å²) < 4.78 is 10.4. The molecule has 7 heteroatoms. The Kier molecular flexibility index (Phi) is 4.03. The third kappa shape index (κ3) is 3.30. The van der Waals surface area contributed by atoms with E-state index in [-0.39, 0.29) is 6.04 Å². The molecule has 3 heterocycles. The van der Waals surface area contributed by atoms with E-state index in [4.69, 9.17) is 9.05 Å². The second-order valence-corrected chi connectivity index (χ2v) is 5.60. The summed E-state index contributed by atoms with van der Waals surface area (Å²) in [6.07, 6.45) is 0. The molecule has 0 N–H and O–H groups in total. The van der Waals surface area contributed by atoms with Gasteiger partial charge in [-0.1, -0.05) is 10.3 Å². The van der Waals surface area contributed by atoms with Gasteiger partial charge in [0.2, 0.25) is 5.89 Å². The molecule has 1 atom stereocenters. The summed E-state index contributed by atoms with van der Waals surface area (Å²) in [4.78, 5) is 9.08. The zero-order valence-corrected chi connectivity index (χ0v) is 12.7. The summed E-state index contributed by atoms with van der Waals surface area (Å²) in [5, 5.41) is 7.91. The summed E-state index contributed by atoms with van der Waals surface area (Å²) >= 11 is 0. The SMILES string of the molecule is Cc1noc(C(C)N2CCN(Cc3cc(C)on3)CC2)n1. The molecule has 114 valence electrons. The molecule has 7 nitrogen and oxygen atoms in total. The number of hydrogen-bond acceptors (Lipinski definition) is 7. The minimum atomic E-state index is 0.169. The molecule has 2 aromatic heterocycles. The first kappa shape index (κ1) is 14.2. The minimum absolute atomic E-state index is 0.169. The van der Waals surface area contributed by atoms with Crippen LogP contribution in [0.25, 0.3) is 0 Å². The number of nitrogens with zero attached hydrogens (tertiary/aromatic N) is 5. The normalized spacial score (nSPS) is 19.0. The Labute approximate surface area is 123 Å². The zero-order chi connectivity index (χ0) is 14.8. The molecule has 21 heavy (non-hydrogen) atoms. The lowest BCUT2D eigenvalue weighted by molar-refractivity contribution is 0.0833.